The minimum Gasteiger partial charge on any atom is -0.360 e. The fraction of sp³-hybridized carbons (Fsp3) is 0.269. The maximum Gasteiger partial charge on any atom is 0.141 e. The van der Waals surface area contributed by atoms with Gasteiger partial charge in [-0.1, -0.05) is 54.6 Å². The Kier molecular flexibility index (Phi) is 5.24. The number of aliphatic imine (C=N–C) groups is 1. The molecule has 0 spiro atoms. The molecule has 31 heavy (non-hydrogen) atoms. The lowest BCUT2D eigenvalue weighted by Gasteiger charge is -2.18. The molecule has 0 saturated carbocycles. The molecule has 0 radical (unpaired) electrons. The lowest BCUT2D eigenvalue weighted by atomic mass is 10.0. The lowest BCUT2D eigenvalue weighted by molar-refractivity contribution is 0.440. The number of hydrogen-bond donors (Lipinski definition) is 0. The SMILES string of the molecule is CN=C(C)N1CCC(Cn2c(-c3ccc(-c4ccccc4)cc3)nc3cnccc32)C1. The quantitative estimate of drug-likeness (QED) is 0.346. The Balaban J connectivity index is 1.48. The van der Waals surface area contributed by atoms with Gasteiger partial charge >= 0.3 is 0 Å². The summed E-state index contributed by atoms with van der Waals surface area (Å²) in [7, 11) is 1.87. The van der Waals surface area contributed by atoms with Crippen LogP contribution in [0, 0.1) is 5.92 Å². The van der Waals surface area contributed by atoms with Crippen LogP contribution in [-0.4, -0.2) is 45.4 Å². The summed E-state index contributed by atoms with van der Waals surface area (Å²) >= 11 is 0. The second kappa shape index (κ2) is 8.34. The standard InChI is InChI=1S/C26H27N5/c1-19(27-2)30-15-13-20(17-30)18-31-25-12-14-28-16-24(25)29-26(31)23-10-8-22(9-11-23)21-6-4-3-5-7-21/h3-12,14,16,20H,13,15,17-18H2,1-2H3. The van der Waals surface area contributed by atoms with Crippen LogP contribution in [0.4, 0.5) is 0 Å². The van der Waals surface area contributed by atoms with Crippen molar-refractivity contribution >= 4 is 16.9 Å². The minimum absolute atomic E-state index is 0.574. The summed E-state index contributed by atoms with van der Waals surface area (Å²) in [6.45, 7) is 5.16. The highest BCUT2D eigenvalue weighted by Gasteiger charge is 2.25. The first-order chi connectivity index (χ1) is 15.2. The van der Waals surface area contributed by atoms with E-state index in [1.807, 2.05) is 25.5 Å². The van der Waals surface area contributed by atoms with Gasteiger partial charge in [0.2, 0.25) is 0 Å². The minimum atomic E-state index is 0.574. The molecule has 5 rings (SSSR count). The number of rotatable bonds is 4. The molecule has 4 aromatic rings. The van der Waals surface area contributed by atoms with Gasteiger partial charge < -0.3 is 9.47 Å². The summed E-state index contributed by atoms with van der Waals surface area (Å²) in [5.74, 6) is 2.71. The van der Waals surface area contributed by atoms with Gasteiger partial charge in [0.25, 0.3) is 0 Å². The van der Waals surface area contributed by atoms with Crippen LogP contribution in [0.5, 0.6) is 0 Å². The molecule has 3 heterocycles. The van der Waals surface area contributed by atoms with Gasteiger partial charge in [0.15, 0.2) is 0 Å². The second-order valence-electron chi connectivity index (χ2n) is 8.23. The Bertz CT molecular complexity index is 1210. The summed E-state index contributed by atoms with van der Waals surface area (Å²) in [5, 5.41) is 0. The predicted molar refractivity (Wildman–Crippen MR) is 127 cm³/mol. The number of aromatic nitrogens is 3. The van der Waals surface area contributed by atoms with E-state index in [-0.39, 0.29) is 0 Å². The molecule has 1 saturated heterocycles. The van der Waals surface area contributed by atoms with E-state index in [1.165, 1.54) is 17.5 Å². The van der Waals surface area contributed by atoms with E-state index in [1.54, 1.807) is 0 Å². The molecular weight excluding hydrogens is 382 g/mol. The topological polar surface area (TPSA) is 46.3 Å². The van der Waals surface area contributed by atoms with Gasteiger partial charge in [-0.15, -0.1) is 0 Å². The van der Waals surface area contributed by atoms with Gasteiger partial charge in [-0.3, -0.25) is 9.98 Å². The van der Waals surface area contributed by atoms with Crippen LogP contribution in [-0.2, 0) is 6.54 Å². The number of amidine groups is 1. The van der Waals surface area contributed by atoms with Crippen molar-refractivity contribution in [1.82, 2.24) is 19.4 Å². The normalized spacial score (nSPS) is 16.9. The molecule has 0 amide bonds. The van der Waals surface area contributed by atoms with Crippen molar-refractivity contribution in [2.75, 3.05) is 20.1 Å². The average Bonchev–Trinajstić information content (AvgIpc) is 3.45. The molecule has 1 unspecified atom stereocenters. The Hall–Kier alpha value is -3.47. The third-order valence-corrected chi connectivity index (χ3v) is 6.31. The predicted octanol–water partition coefficient (Wildman–Crippen LogP) is 5.14. The third-order valence-electron chi connectivity index (χ3n) is 6.31. The number of hydrogen-bond acceptors (Lipinski definition) is 3. The summed E-state index contributed by atoms with van der Waals surface area (Å²) in [4.78, 5) is 16.0. The zero-order valence-corrected chi connectivity index (χ0v) is 18.1. The molecular formula is C26H27N5. The van der Waals surface area contributed by atoms with Gasteiger partial charge in [-0.25, -0.2) is 4.98 Å². The van der Waals surface area contributed by atoms with Crippen LogP contribution in [0.1, 0.15) is 13.3 Å². The molecule has 1 fully saturated rings. The van der Waals surface area contributed by atoms with E-state index in [2.05, 4.69) is 81.0 Å². The van der Waals surface area contributed by atoms with Crippen molar-refractivity contribution in [3.63, 3.8) is 0 Å². The highest BCUT2D eigenvalue weighted by molar-refractivity contribution is 5.81. The molecule has 0 N–H and O–H groups in total. The van der Waals surface area contributed by atoms with E-state index in [0.717, 1.165) is 47.9 Å². The largest absolute Gasteiger partial charge is 0.360 e. The molecule has 1 aliphatic heterocycles. The van der Waals surface area contributed by atoms with Gasteiger partial charge in [0, 0.05) is 38.4 Å². The highest BCUT2D eigenvalue weighted by atomic mass is 15.2. The smallest absolute Gasteiger partial charge is 0.141 e. The Morgan fingerprint density at radius 2 is 1.74 bits per heavy atom. The molecule has 1 atom stereocenters. The number of imidazole rings is 1. The molecule has 2 aromatic carbocycles. The van der Waals surface area contributed by atoms with Crippen LogP contribution in [0.2, 0.25) is 0 Å². The van der Waals surface area contributed by atoms with Crippen molar-refractivity contribution < 1.29 is 0 Å². The molecule has 5 heteroatoms. The van der Waals surface area contributed by atoms with Gasteiger partial charge in [-0.2, -0.15) is 0 Å². The molecule has 156 valence electrons. The van der Waals surface area contributed by atoms with Crippen molar-refractivity contribution in [1.29, 1.82) is 0 Å². The lowest BCUT2D eigenvalue weighted by Crippen LogP contribution is -2.27. The highest BCUT2D eigenvalue weighted by Crippen LogP contribution is 2.29. The fourth-order valence-corrected chi connectivity index (χ4v) is 4.50. The van der Waals surface area contributed by atoms with Gasteiger partial charge in [-0.05, 0) is 36.5 Å². The summed E-state index contributed by atoms with van der Waals surface area (Å²) < 4.78 is 2.38. The monoisotopic (exact) mass is 409 g/mol. The summed E-state index contributed by atoms with van der Waals surface area (Å²) in [6, 6.07) is 21.3. The molecule has 0 aliphatic carbocycles. The molecule has 0 bridgehead atoms. The number of likely N-dealkylation sites (tertiary alicyclic amines) is 1. The third kappa shape index (κ3) is 3.83. The fourth-order valence-electron chi connectivity index (χ4n) is 4.50. The van der Waals surface area contributed by atoms with Crippen molar-refractivity contribution in [3.8, 4) is 22.5 Å². The van der Waals surface area contributed by atoms with E-state index in [0.29, 0.717) is 5.92 Å². The Morgan fingerprint density at radius 1 is 1.00 bits per heavy atom. The maximum atomic E-state index is 4.96. The summed E-state index contributed by atoms with van der Waals surface area (Å²) in [6.07, 6.45) is 4.89. The number of nitrogens with zero attached hydrogens (tertiary/aromatic N) is 5. The van der Waals surface area contributed by atoms with Crippen LogP contribution in [0.25, 0.3) is 33.5 Å². The van der Waals surface area contributed by atoms with Crippen molar-refractivity contribution in [2.45, 2.75) is 19.9 Å². The maximum absolute atomic E-state index is 4.96. The van der Waals surface area contributed by atoms with Crippen molar-refractivity contribution in [3.05, 3.63) is 73.1 Å². The second-order valence-corrected chi connectivity index (χ2v) is 8.23. The average molecular weight is 410 g/mol. The molecule has 5 nitrogen and oxygen atoms in total. The first kappa shape index (κ1) is 19.5. The Labute approximate surface area is 183 Å². The zero-order chi connectivity index (χ0) is 21.2. The molecule has 1 aliphatic rings. The van der Waals surface area contributed by atoms with Crippen LogP contribution in [0.3, 0.4) is 0 Å². The van der Waals surface area contributed by atoms with Gasteiger partial charge in [0.05, 0.1) is 17.5 Å². The van der Waals surface area contributed by atoms with E-state index >= 15 is 0 Å². The number of fused-ring (bicyclic) bond motifs is 1. The van der Waals surface area contributed by atoms with Crippen LogP contribution < -0.4 is 0 Å². The van der Waals surface area contributed by atoms with Crippen LogP contribution in [0.15, 0.2) is 78.0 Å². The number of benzene rings is 2. The van der Waals surface area contributed by atoms with Gasteiger partial charge in [0.1, 0.15) is 11.3 Å². The summed E-state index contributed by atoms with van der Waals surface area (Å²) in [5.41, 5.74) is 5.68. The van der Waals surface area contributed by atoms with E-state index in [9.17, 15) is 0 Å². The first-order valence-electron chi connectivity index (χ1n) is 10.9. The Morgan fingerprint density at radius 3 is 2.52 bits per heavy atom. The first-order valence-corrected chi connectivity index (χ1v) is 10.9. The zero-order valence-electron chi connectivity index (χ0n) is 18.1. The van der Waals surface area contributed by atoms with Crippen LogP contribution >= 0.6 is 0 Å². The van der Waals surface area contributed by atoms with E-state index < -0.39 is 0 Å². The van der Waals surface area contributed by atoms with E-state index in [4.69, 9.17) is 4.98 Å². The molecule has 2 aromatic heterocycles. The number of pyridine rings is 1. The van der Waals surface area contributed by atoms with Crippen molar-refractivity contribution in [2.24, 2.45) is 10.9 Å².